The second-order valence-corrected chi connectivity index (χ2v) is 9.09. The van der Waals surface area contributed by atoms with Crippen molar-refractivity contribution in [1.82, 2.24) is 4.90 Å². The second kappa shape index (κ2) is 11.7. The molecule has 8 nitrogen and oxygen atoms in total. The molecule has 1 fully saturated rings. The summed E-state index contributed by atoms with van der Waals surface area (Å²) in [5.41, 5.74) is 1.26. The number of morpholine rings is 1. The Kier molecular flexibility index (Phi) is 8.68. The third-order valence-corrected chi connectivity index (χ3v) is 6.18. The van der Waals surface area contributed by atoms with Gasteiger partial charge in [-0.05, 0) is 51.1 Å². The zero-order valence-electron chi connectivity index (χ0n) is 19.3. The van der Waals surface area contributed by atoms with Gasteiger partial charge in [0, 0.05) is 23.7 Å². The van der Waals surface area contributed by atoms with E-state index in [0.717, 1.165) is 0 Å². The lowest BCUT2D eigenvalue weighted by molar-refractivity contribution is -0.151. The maximum absolute atomic E-state index is 12.8. The third kappa shape index (κ3) is 6.83. The summed E-state index contributed by atoms with van der Waals surface area (Å²) in [6, 6.07) is 15.4. The van der Waals surface area contributed by atoms with E-state index in [-0.39, 0.29) is 35.3 Å². The average molecular weight is 482 g/mol. The van der Waals surface area contributed by atoms with Crippen molar-refractivity contribution in [1.29, 1.82) is 5.26 Å². The second-order valence-electron chi connectivity index (χ2n) is 8.07. The summed E-state index contributed by atoms with van der Waals surface area (Å²) in [7, 11) is 0. The minimum Gasteiger partial charge on any atom is -0.449 e. The van der Waals surface area contributed by atoms with Crippen LogP contribution in [0.25, 0.3) is 0 Å². The van der Waals surface area contributed by atoms with Crippen LogP contribution in [-0.2, 0) is 19.1 Å². The Morgan fingerprint density at radius 3 is 2.59 bits per heavy atom. The highest BCUT2D eigenvalue weighted by atomic mass is 32.2. The van der Waals surface area contributed by atoms with Crippen molar-refractivity contribution in [2.45, 2.75) is 44.0 Å². The molecule has 0 aromatic heterocycles. The molecule has 2 aromatic rings. The molecule has 1 heterocycles. The number of thioether (sulfide) groups is 1. The SMILES string of the molecule is CC1CN(C(=O)C(C)OC(=O)c2ccccc2SCC(=O)Nc2cccc(C#N)c2)CC(C)O1. The molecule has 3 unspecified atom stereocenters. The fourth-order valence-corrected chi connectivity index (χ4v) is 4.50. The monoisotopic (exact) mass is 481 g/mol. The van der Waals surface area contributed by atoms with Crippen molar-refractivity contribution < 1.29 is 23.9 Å². The standard InChI is InChI=1S/C25H27N3O5S/c1-16-13-28(14-17(2)32-16)24(30)18(3)33-25(31)21-9-4-5-10-22(21)34-15-23(29)27-20-8-6-7-19(11-20)12-26/h4-11,16-18H,13-15H2,1-3H3,(H,27,29). The van der Waals surface area contributed by atoms with Crippen molar-refractivity contribution in [2.75, 3.05) is 24.2 Å². The van der Waals surface area contributed by atoms with E-state index in [1.807, 2.05) is 19.9 Å². The first kappa shape index (κ1) is 25.3. The zero-order valence-corrected chi connectivity index (χ0v) is 20.1. The Morgan fingerprint density at radius 1 is 1.18 bits per heavy atom. The molecule has 0 aliphatic carbocycles. The number of hydrogen-bond acceptors (Lipinski definition) is 7. The maximum atomic E-state index is 12.8. The molecule has 2 aromatic carbocycles. The van der Waals surface area contributed by atoms with Crippen LogP contribution in [0.2, 0.25) is 0 Å². The summed E-state index contributed by atoms with van der Waals surface area (Å²) in [5.74, 6) is -1.11. The van der Waals surface area contributed by atoms with Crippen LogP contribution in [0.15, 0.2) is 53.4 Å². The highest BCUT2D eigenvalue weighted by Crippen LogP contribution is 2.24. The maximum Gasteiger partial charge on any atom is 0.340 e. The van der Waals surface area contributed by atoms with E-state index in [2.05, 4.69) is 5.32 Å². The predicted molar refractivity (Wildman–Crippen MR) is 128 cm³/mol. The fraction of sp³-hybridized carbons (Fsp3) is 0.360. The number of nitrogens with zero attached hydrogens (tertiary/aromatic N) is 2. The van der Waals surface area contributed by atoms with E-state index in [0.29, 0.717) is 29.2 Å². The largest absolute Gasteiger partial charge is 0.449 e. The van der Waals surface area contributed by atoms with E-state index in [1.165, 1.54) is 11.8 Å². The molecule has 0 bridgehead atoms. The van der Waals surface area contributed by atoms with Crippen molar-refractivity contribution >= 4 is 35.2 Å². The number of nitrogens with one attached hydrogen (secondary N) is 1. The highest BCUT2D eigenvalue weighted by molar-refractivity contribution is 8.00. The molecule has 2 amide bonds. The minimum atomic E-state index is -0.946. The van der Waals surface area contributed by atoms with Gasteiger partial charge >= 0.3 is 5.97 Å². The fourth-order valence-electron chi connectivity index (χ4n) is 3.66. The van der Waals surface area contributed by atoms with Gasteiger partial charge in [-0.25, -0.2) is 4.79 Å². The molecule has 0 spiro atoms. The number of anilines is 1. The normalized spacial score (nSPS) is 18.5. The number of esters is 1. The van der Waals surface area contributed by atoms with E-state index >= 15 is 0 Å². The van der Waals surface area contributed by atoms with Gasteiger partial charge in [-0.2, -0.15) is 5.26 Å². The Bertz CT molecular complexity index is 1090. The lowest BCUT2D eigenvalue weighted by Crippen LogP contribution is -2.51. The number of nitriles is 1. The van der Waals surface area contributed by atoms with Gasteiger partial charge in [-0.3, -0.25) is 9.59 Å². The van der Waals surface area contributed by atoms with E-state index in [4.69, 9.17) is 14.7 Å². The Balaban J connectivity index is 1.59. The van der Waals surface area contributed by atoms with Crippen molar-refractivity contribution in [3.8, 4) is 6.07 Å². The quantitative estimate of drug-likeness (QED) is 0.476. The van der Waals surface area contributed by atoms with Gasteiger partial charge in [0.2, 0.25) is 5.91 Å². The van der Waals surface area contributed by atoms with Crippen LogP contribution in [-0.4, -0.2) is 59.8 Å². The van der Waals surface area contributed by atoms with Crippen LogP contribution < -0.4 is 5.32 Å². The molecular weight excluding hydrogens is 454 g/mol. The lowest BCUT2D eigenvalue weighted by atomic mass is 10.2. The van der Waals surface area contributed by atoms with E-state index in [1.54, 1.807) is 60.4 Å². The van der Waals surface area contributed by atoms with Crippen molar-refractivity contribution in [3.63, 3.8) is 0 Å². The lowest BCUT2D eigenvalue weighted by Gasteiger charge is -2.36. The predicted octanol–water partition coefficient (Wildman–Crippen LogP) is 3.47. The molecule has 178 valence electrons. The molecule has 1 aliphatic heterocycles. The molecule has 9 heteroatoms. The number of hydrogen-bond donors (Lipinski definition) is 1. The number of benzene rings is 2. The minimum absolute atomic E-state index is 0.0547. The molecule has 3 rings (SSSR count). The van der Waals surface area contributed by atoms with Crippen molar-refractivity contribution in [3.05, 3.63) is 59.7 Å². The van der Waals surface area contributed by atoms with Gasteiger partial charge in [0.25, 0.3) is 5.91 Å². The summed E-state index contributed by atoms with van der Waals surface area (Å²) in [5, 5.41) is 11.7. The first-order valence-electron chi connectivity index (χ1n) is 10.9. The first-order chi connectivity index (χ1) is 16.3. The topological polar surface area (TPSA) is 109 Å². The molecule has 0 radical (unpaired) electrons. The Morgan fingerprint density at radius 2 is 1.88 bits per heavy atom. The van der Waals surface area contributed by atoms with E-state index in [9.17, 15) is 14.4 Å². The van der Waals surface area contributed by atoms with E-state index < -0.39 is 12.1 Å². The molecule has 1 N–H and O–H groups in total. The molecular formula is C25H27N3O5S. The van der Waals surface area contributed by atoms with Crippen LogP contribution in [0.3, 0.4) is 0 Å². The third-order valence-electron chi connectivity index (χ3n) is 5.10. The average Bonchev–Trinajstić information content (AvgIpc) is 2.81. The van der Waals surface area contributed by atoms with Crippen LogP contribution in [0.5, 0.6) is 0 Å². The molecule has 3 atom stereocenters. The van der Waals surface area contributed by atoms with Gasteiger partial charge in [-0.1, -0.05) is 18.2 Å². The Hall–Kier alpha value is -3.35. The van der Waals surface area contributed by atoms with Crippen LogP contribution in [0.1, 0.15) is 36.7 Å². The number of rotatable bonds is 7. The van der Waals surface area contributed by atoms with Gasteiger partial charge in [0.15, 0.2) is 6.10 Å². The first-order valence-corrected chi connectivity index (χ1v) is 11.9. The molecule has 34 heavy (non-hydrogen) atoms. The number of carbonyl (C=O) groups excluding carboxylic acids is 3. The molecule has 1 aliphatic rings. The summed E-state index contributed by atoms with van der Waals surface area (Å²) in [6.07, 6.45) is -1.11. The number of ether oxygens (including phenoxy) is 2. The summed E-state index contributed by atoms with van der Waals surface area (Å²) in [6.45, 7) is 6.25. The summed E-state index contributed by atoms with van der Waals surface area (Å²) in [4.78, 5) is 40.2. The number of carbonyl (C=O) groups is 3. The smallest absolute Gasteiger partial charge is 0.340 e. The molecule has 0 saturated carbocycles. The Labute approximate surface area is 203 Å². The van der Waals surface area contributed by atoms with Gasteiger partial charge in [0.05, 0.1) is 35.2 Å². The number of amides is 2. The highest BCUT2D eigenvalue weighted by Gasteiger charge is 2.31. The van der Waals surface area contributed by atoms with Crippen LogP contribution in [0.4, 0.5) is 5.69 Å². The molecule has 1 saturated heterocycles. The van der Waals surface area contributed by atoms with Gasteiger partial charge < -0.3 is 19.7 Å². The van der Waals surface area contributed by atoms with Crippen molar-refractivity contribution in [2.24, 2.45) is 0 Å². The summed E-state index contributed by atoms with van der Waals surface area (Å²) < 4.78 is 11.1. The van der Waals surface area contributed by atoms with Gasteiger partial charge in [-0.15, -0.1) is 11.8 Å². The van der Waals surface area contributed by atoms with Crippen LogP contribution in [0, 0.1) is 11.3 Å². The van der Waals surface area contributed by atoms with Crippen LogP contribution >= 0.6 is 11.8 Å². The van der Waals surface area contributed by atoms with Gasteiger partial charge in [0.1, 0.15) is 0 Å². The zero-order chi connectivity index (χ0) is 24.7. The summed E-state index contributed by atoms with van der Waals surface area (Å²) >= 11 is 1.19.